The van der Waals surface area contributed by atoms with Crippen LogP contribution in [-0.4, -0.2) is 29.5 Å². The molecule has 98 valence electrons. The normalized spacial score (nSPS) is 10.6. The summed E-state index contributed by atoms with van der Waals surface area (Å²) in [5.41, 5.74) is 8.29. The Morgan fingerprint density at radius 2 is 2.37 bits per heavy atom. The number of amides is 1. The van der Waals surface area contributed by atoms with Crippen molar-refractivity contribution >= 4 is 17.9 Å². The van der Waals surface area contributed by atoms with Crippen molar-refractivity contribution in [3.63, 3.8) is 0 Å². The molecule has 1 aromatic carbocycles. The number of carbonyl (C=O) groups excluding carboxylic acids is 1. The van der Waals surface area contributed by atoms with Gasteiger partial charge >= 0.3 is 0 Å². The van der Waals surface area contributed by atoms with Crippen LogP contribution in [0.5, 0.6) is 5.75 Å². The first kappa shape index (κ1) is 12.6. The summed E-state index contributed by atoms with van der Waals surface area (Å²) in [6, 6.07) is 7.19. The van der Waals surface area contributed by atoms with Crippen LogP contribution < -0.4 is 15.9 Å². The van der Waals surface area contributed by atoms with Gasteiger partial charge in [0.05, 0.1) is 13.3 Å². The number of carbonyl (C=O) groups is 1. The number of benzene rings is 1. The molecule has 0 bridgehead atoms. The molecule has 0 atom stereocenters. The Labute approximate surface area is 108 Å². The van der Waals surface area contributed by atoms with Crippen molar-refractivity contribution in [3.8, 4) is 5.75 Å². The smallest absolute Gasteiger partial charge is 0.297 e. The maximum atomic E-state index is 11.5. The number of hydrogen-bond donors (Lipinski definition) is 2. The second-order valence-electron chi connectivity index (χ2n) is 3.47. The number of nitrogens with one attached hydrogen (secondary N) is 1. The Morgan fingerprint density at radius 3 is 3.05 bits per heavy atom. The first-order valence-electron chi connectivity index (χ1n) is 5.26. The van der Waals surface area contributed by atoms with Crippen molar-refractivity contribution in [2.75, 3.05) is 12.8 Å². The van der Waals surface area contributed by atoms with Crippen molar-refractivity contribution in [2.24, 2.45) is 5.10 Å². The molecule has 0 saturated heterocycles. The third kappa shape index (κ3) is 3.06. The van der Waals surface area contributed by atoms with Crippen LogP contribution in [0.15, 0.2) is 34.0 Å². The van der Waals surface area contributed by atoms with E-state index in [0.29, 0.717) is 5.75 Å². The molecule has 0 radical (unpaired) electrons. The van der Waals surface area contributed by atoms with Gasteiger partial charge in [-0.2, -0.15) is 5.10 Å². The van der Waals surface area contributed by atoms with Crippen molar-refractivity contribution < 1.29 is 14.2 Å². The highest BCUT2D eigenvalue weighted by Crippen LogP contribution is 2.10. The van der Waals surface area contributed by atoms with Gasteiger partial charge in [-0.1, -0.05) is 12.1 Å². The van der Waals surface area contributed by atoms with Gasteiger partial charge in [0.25, 0.3) is 5.91 Å². The Hall–Kier alpha value is -2.90. The zero-order chi connectivity index (χ0) is 13.7. The van der Waals surface area contributed by atoms with Crippen molar-refractivity contribution in [1.82, 2.24) is 15.7 Å². The van der Waals surface area contributed by atoms with Gasteiger partial charge in [-0.05, 0) is 28.0 Å². The fourth-order valence-corrected chi connectivity index (χ4v) is 1.29. The predicted molar refractivity (Wildman–Crippen MR) is 66.8 cm³/mol. The molecule has 19 heavy (non-hydrogen) atoms. The topological polar surface area (TPSA) is 116 Å². The molecule has 0 saturated carbocycles. The van der Waals surface area contributed by atoms with E-state index in [1.807, 2.05) is 12.1 Å². The number of hydrogen-bond acceptors (Lipinski definition) is 7. The van der Waals surface area contributed by atoms with Crippen LogP contribution in [0.3, 0.4) is 0 Å². The summed E-state index contributed by atoms with van der Waals surface area (Å²) in [6.07, 6.45) is 1.46. The first-order chi connectivity index (χ1) is 9.20. The minimum absolute atomic E-state index is 0.0888. The molecule has 0 spiro atoms. The zero-order valence-corrected chi connectivity index (χ0v) is 10.0. The number of anilines is 1. The minimum atomic E-state index is -0.599. The lowest BCUT2D eigenvalue weighted by molar-refractivity contribution is 0.0946. The molecule has 0 aliphatic carbocycles. The van der Waals surface area contributed by atoms with Crippen molar-refractivity contribution in [1.29, 1.82) is 0 Å². The number of hydrazone groups is 1. The third-order valence-corrected chi connectivity index (χ3v) is 2.20. The van der Waals surface area contributed by atoms with Gasteiger partial charge in [0.1, 0.15) is 5.75 Å². The summed E-state index contributed by atoms with van der Waals surface area (Å²) in [4.78, 5) is 11.5. The highest BCUT2D eigenvalue weighted by atomic mass is 16.6. The molecule has 3 N–H and O–H groups in total. The maximum absolute atomic E-state index is 11.5. The molecule has 0 aliphatic rings. The van der Waals surface area contributed by atoms with E-state index < -0.39 is 5.91 Å². The van der Waals surface area contributed by atoms with Crippen LogP contribution in [0.25, 0.3) is 0 Å². The lowest BCUT2D eigenvalue weighted by Gasteiger charge is -1.99. The minimum Gasteiger partial charge on any atom is -0.497 e. The summed E-state index contributed by atoms with van der Waals surface area (Å²) in [7, 11) is 1.57. The third-order valence-electron chi connectivity index (χ3n) is 2.20. The van der Waals surface area contributed by atoms with Gasteiger partial charge in [0.2, 0.25) is 11.5 Å². The van der Waals surface area contributed by atoms with Crippen LogP contribution in [-0.2, 0) is 0 Å². The average molecular weight is 261 g/mol. The molecule has 0 unspecified atom stereocenters. The second kappa shape index (κ2) is 5.63. The summed E-state index contributed by atoms with van der Waals surface area (Å²) >= 11 is 0. The average Bonchev–Trinajstić information content (AvgIpc) is 2.85. The molecule has 8 nitrogen and oxygen atoms in total. The van der Waals surface area contributed by atoms with Gasteiger partial charge in [0.15, 0.2) is 0 Å². The van der Waals surface area contributed by atoms with E-state index in [4.69, 9.17) is 10.5 Å². The van der Waals surface area contributed by atoms with E-state index in [0.717, 1.165) is 5.56 Å². The summed E-state index contributed by atoms with van der Waals surface area (Å²) < 4.78 is 9.37. The first-order valence-corrected chi connectivity index (χ1v) is 5.26. The van der Waals surface area contributed by atoms with Gasteiger partial charge in [-0.25, -0.2) is 10.1 Å². The monoisotopic (exact) mass is 261 g/mol. The summed E-state index contributed by atoms with van der Waals surface area (Å²) in [5, 5.41) is 10.4. The van der Waals surface area contributed by atoms with E-state index in [1.165, 1.54) is 6.21 Å². The van der Waals surface area contributed by atoms with Crippen molar-refractivity contribution in [3.05, 3.63) is 35.5 Å². The molecule has 1 amide bonds. The quantitative estimate of drug-likeness (QED) is 0.608. The van der Waals surface area contributed by atoms with Gasteiger partial charge in [-0.3, -0.25) is 4.79 Å². The highest BCUT2D eigenvalue weighted by molar-refractivity contribution is 5.96. The fourth-order valence-electron chi connectivity index (χ4n) is 1.29. The highest BCUT2D eigenvalue weighted by Gasteiger charge is 2.14. The molecule has 1 heterocycles. The molecule has 2 rings (SSSR count). The van der Waals surface area contributed by atoms with E-state index >= 15 is 0 Å². The molecular weight excluding hydrogens is 250 g/mol. The zero-order valence-electron chi connectivity index (χ0n) is 10.0. The Bertz CT molecular complexity index is 608. The number of rotatable bonds is 4. The van der Waals surface area contributed by atoms with Crippen LogP contribution in [0.4, 0.5) is 5.82 Å². The fraction of sp³-hybridized carbons (Fsp3) is 0.0909. The molecule has 0 fully saturated rings. The Morgan fingerprint density at radius 1 is 1.53 bits per heavy atom. The number of nitrogens with zero attached hydrogens (tertiary/aromatic N) is 3. The maximum Gasteiger partial charge on any atom is 0.297 e. The molecule has 8 heteroatoms. The van der Waals surface area contributed by atoms with Crippen molar-refractivity contribution in [2.45, 2.75) is 0 Å². The van der Waals surface area contributed by atoms with Gasteiger partial charge < -0.3 is 10.5 Å². The van der Waals surface area contributed by atoms with Gasteiger partial charge in [-0.15, -0.1) is 0 Å². The van der Waals surface area contributed by atoms with Crippen LogP contribution in [0.2, 0.25) is 0 Å². The van der Waals surface area contributed by atoms with E-state index in [-0.39, 0.29) is 11.5 Å². The summed E-state index contributed by atoms with van der Waals surface area (Å²) in [6.45, 7) is 0. The SMILES string of the molecule is COc1cccc(C=NNC(=O)c2nonc2N)c1. The molecule has 1 aromatic heterocycles. The lowest BCUT2D eigenvalue weighted by atomic mass is 10.2. The number of aromatic nitrogens is 2. The Balaban J connectivity index is 2.00. The number of methoxy groups -OCH3 is 1. The standard InChI is InChI=1S/C11H11N5O3/c1-18-8-4-2-3-7(5-8)6-13-14-11(17)9-10(12)16-19-15-9/h2-6H,1H3,(H2,12,16)(H,14,17). The van der Waals surface area contributed by atoms with E-state index in [1.54, 1.807) is 19.2 Å². The Kier molecular flexibility index (Phi) is 3.72. The molecule has 0 aliphatic heterocycles. The van der Waals surface area contributed by atoms with Gasteiger partial charge in [0, 0.05) is 0 Å². The molecular formula is C11H11N5O3. The largest absolute Gasteiger partial charge is 0.497 e. The van der Waals surface area contributed by atoms with E-state index in [2.05, 4.69) is 25.5 Å². The predicted octanol–water partition coefficient (Wildman–Crippen LogP) is 0.424. The number of nitrogen functional groups attached to an aromatic ring is 1. The summed E-state index contributed by atoms with van der Waals surface area (Å²) in [5.74, 6) is 0.00667. The second-order valence-corrected chi connectivity index (χ2v) is 3.47. The van der Waals surface area contributed by atoms with Crippen LogP contribution in [0.1, 0.15) is 16.1 Å². The number of ether oxygens (including phenoxy) is 1. The van der Waals surface area contributed by atoms with E-state index in [9.17, 15) is 4.79 Å². The molecule has 2 aromatic rings. The number of nitrogens with two attached hydrogens (primary N) is 1. The van der Waals surface area contributed by atoms with Crippen LogP contribution in [0, 0.1) is 0 Å². The lowest BCUT2D eigenvalue weighted by Crippen LogP contribution is -2.19. The van der Waals surface area contributed by atoms with Crippen LogP contribution >= 0.6 is 0 Å².